The molecule has 11 nitrogen and oxygen atoms in total. The normalized spacial score (nSPS) is 13.8. The molecule has 1 aliphatic carbocycles. The summed E-state index contributed by atoms with van der Waals surface area (Å²) in [5.41, 5.74) is 2.30. The van der Waals surface area contributed by atoms with Crippen LogP contribution in [0.4, 0.5) is 0 Å². The Bertz CT molecular complexity index is 1700. The highest BCUT2D eigenvalue weighted by atomic mass is 35.5. The molecule has 2 amide bonds. The zero-order valence-corrected chi connectivity index (χ0v) is 21.8. The van der Waals surface area contributed by atoms with E-state index < -0.39 is 11.4 Å². The van der Waals surface area contributed by atoms with Crippen LogP contribution in [0.3, 0.4) is 0 Å². The standard InChI is InChI=1S/C27H23ClN6O5/c1-15-30-24(33-38-15)23-22(28)18-5-3-4-6-19(18)34(23)17-9-7-16(8-10-17)14-29-26(36)27(11-12-27)31-25(35)20-13-21(37-2)32-39-20/h3-10,13H,11-12,14H2,1-2H3,(H,29,36)(H,31,35). The van der Waals surface area contributed by atoms with E-state index in [1.165, 1.54) is 13.2 Å². The van der Waals surface area contributed by atoms with Crippen molar-refractivity contribution < 1.29 is 23.4 Å². The fourth-order valence-corrected chi connectivity index (χ4v) is 4.78. The predicted octanol–water partition coefficient (Wildman–Crippen LogP) is 4.22. The molecule has 6 rings (SSSR count). The second-order valence-electron chi connectivity index (χ2n) is 9.27. The molecule has 0 saturated heterocycles. The second kappa shape index (κ2) is 9.59. The Hall–Kier alpha value is -4.64. The second-order valence-corrected chi connectivity index (χ2v) is 9.65. The van der Waals surface area contributed by atoms with Crippen LogP contribution < -0.4 is 15.4 Å². The van der Waals surface area contributed by atoms with E-state index in [4.69, 9.17) is 25.4 Å². The van der Waals surface area contributed by atoms with Gasteiger partial charge in [0, 0.05) is 24.5 Å². The summed E-state index contributed by atoms with van der Waals surface area (Å²) in [5, 5.41) is 14.8. The summed E-state index contributed by atoms with van der Waals surface area (Å²) in [6.45, 7) is 2.01. The number of aryl methyl sites for hydroxylation is 1. The number of halogens is 1. The summed E-state index contributed by atoms with van der Waals surface area (Å²) < 4.78 is 17.1. The Morgan fingerprint density at radius 1 is 1.10 bits per heavy atom. The van der Waals surface area contributed by atoms with Gasteiger partial charge >= 0.3 is 0 Å². The van der Waals surface area contributed by atoms with Crippen molar-refractivity contribution in [3.05, 3.63) is 76.8 Å². The number of benzene rings is 2. The largest absolute Gasteiger partial charge is 0.479 e. The number of rotatable bonds is 8. The van der Waals surface area contributed by atoms with Gasteiger partial charge in [0.15, 0.2) is 0 Å². The minimum atomic E-state index is -0.963. The molecule has 0 bridgehead atoms. The van der Waals surface area contributed by atoms with Crippen molar-refractivity contribution in [2.75, 3.05) is 7.11 Å². The van der Waals surface area contributed by atoms with Crippen molar-refractivity contribution in [1.82, 2.24) is 30.5 Å². The van der Waals surface area contributed by atoms with Gasteiger partial charge in [-0.2, -0.15) is 4.98 Å². The molecule has 3 heterocycles. The molecule has 198 valence electrons. The Morgan fingerprint density at radius 2 is 1.87 bits per heavy atom. The number of nitrogens with one attached hydrogen (secondary N) is 2. The first-order chi connectivity index (χ1) is 18.9. The Morgan fingerprint density at radius 3 is 2.54 bits per heavy atom. The van der Waals surface area contributed by atoms with Crippen molar-refractivity contribution in [3.63, 3.8) is 0 Å². The fraction of sp³-hybridized carbons (Fsp3) is 0.222. The van der Waals surface area contributed by atoms with Crippen molar-refractivity contribution in [2.45, 2.75) is 31.8 Å². The molecule has 0 radical (unpaired) electrons. The van der Waals surface area contributed by atoms with Crippen LogP contribution in [-0.4, -0.2) is 44.3 Å². The van der Waals surface area contributed by atoms with E-state index in [0.29, 0.717) is 35.3 Å². The number of hydrogen-bond donors (Lipinski definition) is 2. The lowest BCUT2D eigenvalue weighted by Gasteiger charge is -2.16. The zero-order chi connectivity index (χ0) is 27.1. The van der Waals surface area contributed by atoms with Gasteiger partial charge in [-0.05, 0) is 41.8 Å². The van der Waals surface area contributed by atoms with Gasteiger partial charge in [0.1, 0.15) is 11.2 Å². The van der Waals surface area contributed by atoms with Crippen molar-refractivity contribution in [1.29, 1.82) is 0 Å². The maximum Gasteiger partial charge on any atom is 0.290 e. The molecule has 1 aliphatic rings. The van der Waals surface area contributed by atoms with E-state index in [0.717, 1.165) is 22.2 Å². The van der Waals surface area contributed by atoms with Crippen molar-refractivity contribution >= 4 is 34.3 Å². The number of nitrogens with zero attached hydrogens (tertiary/aromatic N) is 4. The first-order valence-corrected chi connectivity index (χ1v) is 12.6. The molecule has 2 aromatic carbocycles. The molecule has 39 heavy (non-hydrogen) atoms. The quantitative estimate of drug-likeness (QED) is 0.295. The average Bonchev–Trinajstić information content (AvgIpc) is 3.26. The third kappa shape index (κ3) is 4.50. The number of hydrogen-bond acceptors (Lipinski definition) is 8. The van der Waals surface area contributed by atoms with Crippen molar-refractivity contribution in [3.8, 4) is 23.1 Å². The lowest BCUT2D eigenvalue weighted by atomic mass is 10.1. The minimum Gasteiger partial charge on any atom is -0.479 e. The maximum absolute atomic E-state index is 12.9. The van der Waals surface area contributed by atoms with E-state index >= 15 is 0 Å². The first-order valence-electron chi connectivity index (χ1n) is 12.2. The monoisotopic (exact) mass is 546 g/mol. The predicted molar refractivity (Wildman–Crippen MR) is 141 cm³/mol. The summed E-state index contributed by atoms with van der Waals surface area (Å²) in [4.78, 5) is 29.8. The van der Waals surface area contributed by atoms with Gasteiger partial charge < -0.3 is 29.0 Å². The van der Waals surface area contributed by atoms with Crippen molar-refractivity contribution in [2.24, 2.45) is 0 Å². The third-order valence-corrected chi connectivity index (χ3v) is 7.04. The minimum absolute atomic E-state index is 0.0190. The van der Waals surface area contributed by atoms with Crippen LogP contribution in [-0.2, 0) is 11.3 Å². The summed E-state index contributed by atoms with van der Waals surface area (Å²) in [7, 11) is 1.42. The highest BCUT2D eigenvalue weighted by Gasteiger charge is 2.51. The number of aromatic nitrogens is 4. The SMILES string of the molecule is COc1cc(C(=O)NC2(C(=O)NCc3ccc(-n4c(-c5noc(C)n5)c(Cl)c5ccccc54)cc3)CC2)on1. The number of methoxy groups -OCH3 is 1. The van der Waals surface area contributed by atoms with Gasteiger partial charge in [0.05, 0.1) is 23.7 Å². The van der Waals surface area contributed by atoms with Gasteiger partial charge in [-0.25, -0.2) is 0 Å². The lowest BCUT2D eigenvalue weighted by molar-refractivity contribution is -0.124. The highest BCUT2D eigenvalue weighted by molar-refractivity contribution is 6.38. The first kappa shape index (κ1) is 24.7. The molecule has 0 aliphatic heterocycles. The molecule has 0 unspecified atom stereocenters. The van der Waals surface area contributed by atoms with Crippen LogP contribution in [0.2, 0.25) is 5.02 Å². The Balaban J connectivity index is 1.19. The van der Waals surface area contributed by atoms with Gasteiger partial charge in [-0.15, -0.1) is 0 Å². The smallest absolute Gasteiger partial charge is 0.290 e. The number of para-hydroxylation sites is 1. The molecule has 5 aromatic rings. The molecular formula is C27H23ClN6O5. The summed E-state index contributed by atoms with van der Waals surface area (Å²) in [6, 6.07) is 16.9. The maximum atomic E-state index is 12.9. The van der Waals surface area contributed by atoms with E-state index in [9.17, 15) is 9.59 Å². The van der Waals surface area contributed by atoms with Crippen LogP contribution in [0.15, 0.2) is 63.6 Å². The van der Waals surface area contributed by atoms with Gasteiger partial charge in [0.25, 0.3) is 11.8 Å². The topological polar surface area (TPSA) is 137 Å². The van der Waals surface area contributed by atoms with Crippen LogP contribution >= 0.6 is 11.6 Å². The molecule has 0 spiro atoms. The highest BCUT2D eigenvalue weighted by Crippen LogP contribution is 2.39. The lowest BCUT2D eigenvalue weighted by Crippen LogP contribution is -2.48. The number of ether oxygens (including phenoxy) is 1. The fourth-order valence-electron chi connectivity index (χ4n) is 4.45. The number of carbonyl (C=O) groups is 2. The van der Waals surface area contributed by atoms with E-state index in [1.807, 2.05) is 53.1 Å². The van der Waals surface area contributed by atoms with Crippen LogP contribution in [0.5, 0.6) is 5.88 Å². The average molecular weight is 547 g/mol. The van der Waals surface area contributed by atoms with E-state index in [1.54, 1.807) is 6.92 Å². The summed E-state index contributed by atoms with van der Waals surface area (Å²) >= 11 is 6.77. The number of carbonyl (C=O) groups excluding carboxylic acids is 2. The van der Waals surface area contributed by atoms with Gasteiger partial charge in [-0.1, -0.05) is 47.1 Å². The van der Waals surface area contributed by atoms with Gasteiger partial charge in [-0.3, -0.25) is 9.59 Å². The number of fused-ring (bicyclic) bond motifs is 1. The molecule has 1 fully saturated rings. The van der Waals surface area contributed by atoms with E-state index in [-0.39, 0.29) is 24.1 Å². The van der Waals surface area contributed by atoms with Crippen LogP contribution in [0, 0.1) is 6.92 Å². The third-order valence-electron chi connectivity index (χ3n) is 6.66. The van der Waals surface area contributed by atoms with E-state index in [2.05, 4.69) is 25.9 Å². The zero-order valence-electron chi connectivity index (χ0n) is 21.0. The summed E-state index contributed by atoms with van der Waals surface area (Å²) in [5.74, 6) is 0.221. The molecule has 12 heteroatoms. The molecular weight excluding hydrogens is 524 g/mol. The Labute approximate surface area is 227 Å². The Kier molecular flexibility index (Phi) is 6.07. The molecule has 1 saturated carbocycles. The number of amides is 2. The van der Waals surface area contributed by atoms with Crippen LogP contribution in [0.25, 0.3) is 28.1 Å². The van der Waals surface area contributed by atoms with Gasteiger partial charge in [0.2, 0.25) is 23.4 Å². The molecule has 2 N–H and O–H groups in total. The van der Waals surface area contributed by atoms with Crippen LogP contribution in [0.1, 0.15) is 34.9 Å². The summed E-state index contributed by atoms with van der Waals surface area (Å²) in [6.07, 6.45) is 1.07. The molecule has 3 aromatic heterocycles. The molecule has 0 atom stereocenters.